The van der Waals surface area contributed by atoms with Crippen molar-refractivity contribution < 1.29 is 43.6 Å². The minimum Gasteiger partial charge on any atom is -0.459 e. The van der Waals surface area contributed by atoms with E-state index in [-0.39, 0.29) is 11.6 Å². The minimum absolute atomic E-state index is 0.00824. The van der Waals surface area contributed by atoms with Crippen LogP contribution in [-0.4, -0.2) is 80.4 Å². The van der Waals surface area contributed by atoms with Gasteiger partial charge in [0, 0.05) is 30.9 Å². The van der Waals surface area contributed by atoms with Gasteiger partial charge >= 0.3 is 5.97 Å². The zero-order valence-corrected chi connectivity index (χ0v) is 22.5. The van der Waals surface area contributed by atoms with Crippen molar-refractivity contribution in [3.8, 4) is 0 Å². The van der Waals surface area contributed by atoms with Gasteiger partial charge in [0.2, 0.25) is 5.91 Å². The summed E-state index contributed by atoms with van der Waals surface area (Å²) in [6.45, 7) is 9.66. The van der Waals surface area contributed by atoms with E-state index in [1.54, 1.807) is 26.8 Å². The summed E-state index contributed by atoms with van der Waals surface area (Å²) >= 11 is 0. The number of aliphatic hydroxyl groups is 2. The van der Waals surface area contributed by atoms with Gasteiger partial charge in [-0.3, -0.25) is 24.1 Å². The molecular weight excluding hydrogens is 494 g/mol. The Morgan fingerprint density at radius 2 is 1.87 bits per heavy atom. The first-order valence-corrected chi connectivity index (χ1v) is 13.2. The van der Waals surface area contributed by atoms with Crippen molar-refractivity contribution in [2.45, 2.75) is 96.2 Å². The highest BCUT2D eigenvalue weighted by molar-refractivity contribution is 6.16. The number of carbonyl (C=O) groups excluding carboxylic acids is 4. The lowest BCUT2D eigenvalue weighted by Gasteiger charge is -2.44. The fraction of sp³-hybridized carbons (Fsp3) is 0.643. The number of hydrogen-bond donors (Lipinski definition) is 2. The zero-order chi connectivity index (χ0) is 27.9. The van der Waals surface area contributed by atoms with E-state index in [0.29, 0.717) is 24.0 Å². The van der Waals surface area contributed by atoms with Gasteiger partial charge in [-0.1, -0.05) is 12.5 Å². The number of aliphatic hydroxyl groups excluding tert-OH is 1. The number of rotatable bonds is 4. The number of nitrogens with zero attached hydrogens (tertiary/aromatic N) is 1. The van der Waals surface area contributed by atoms with Crippen molar-refractivity contribution in [1.82, 2.24) is 4.90 Å². The van der Waals surface area contributed by atoms with Crippen LogP contribution in [-0.2, 0) is 33.4 Å². The van der Waals surface area contributed by atoms with Crippen LogP contribution in [0.2, 0.25) is 0 Å². The molecule has 5 aliphatic rings. The number of ether oxygens (including phenoxy) is 3. The van der Waals surface area contributed by atoms with Gasteiger partial charge < -0.3 is 24.4 Å². The van der Waals surface area contributed by atoms with Crippen molar-refractivity contribution in [2.24, 2.45) is 17.8 Å². The summed E-state index contributed by atoms with van der Waals surface area (Å²) in [7, 11) is 0. The van der Waals surface area contributed by atoms with E-state index >= 15 is 0 Å². The largest absolute Gasteiger partial charge is 0.459 e. The topological polar surface area (TPSA) is 140 Å². The van der Waals surface area contributed by atoms with E-state index in [2.05, 4.69) is 0 Å². The number of hydrogen-bond acceptors (Lipinski definition) is 9. The molecular formula is C28H35NO9. The van der Waals surface area contributed by atoms with Crippen LogP contribution >= 0.6 is 0 Å². The third kappa shape index (κ3) is 3.53. The molecule has 1 saturated carbocycles. The molecule has 10 heteroatoms. The zero-order valence-electron chi connectivity index (χ0n) is 22.5. The number of ketones is 2. The van der Waals surface area contributed by atoms with E-state index in [1.807, 2.05) is 6.92 Å². The molecule has 3 heterocycles. The molecule has 2 N–H and O–H groups in total. The summed E-state index contributed by atoms with van der Waals surface area (Å²) < 4.78 is 17.7. The summed E-state index contributed by atoms with van der Waals surface area (Å²) in [5.74, 6) is -4.22. The van der Waals surface area contributed by atoms with E-state index in [4.69, 9.17) is 14.2 Å². The van der Waals surface area contributed by atoms with Crippen molar-refractivity contribution in [2.75, 3.05) is 0 Å². The van der Waals surface area contributed by atoms with Gasteiger partial charge in [-0.05, 0) is 52.2 Å². The lowest BCUT2D eigenvalue weighted by atomic mass is 9.76. The molecule has 0 bridgehead atoms. The molecule has 1 amide bonds. The molecule has 2 aliphatic carbocycles. The number of carbonyl (C=O) groups is 4. The van der Waals surface area contributed by atoms with Crippen LogP contribution in [0.4, 0.5) is 0 Å². The van der Waals surface area contributed by atoms with E-state index in [0.717, 1.165) is 0 Å². The number of fused-ring (bicyclic) bond motifs is 2. The van der Waals surface area contributed by atoms with Crippen LogP contribution < -0.4 is 0 Å². The standard InChI is InChI=1S/C28H35NO9/c1-12-11-27(16(5)37-17(6)30)25(33)14(3)26(34)29(27)21-10-18(31)9-19-24(13(2)23(12)28(19,21)35)38-22-8-7-20(32)15(4)36-22/h9-11,13-16,20,22-24,32,35H,7-8H2,1-6H3/t13-,14?,15-,16?,20-,22+,23-,24+,27-,28+/m1/s1. The highest BCUT2D eigenvalue weighted by Crippen LogP contribution is 2.59. The van der Waals surface area contributed by atoms with Gasteiger partial charge in [-0.25, -0.2) is 0 Å². The monoisotopic (exact) mass is 529 g/mol. The second kappa shape index (κ2) is 8.94. The molecule has 0 spiro atoms. The Bertz CT molecular complexity index is 1200. The smallest absolute Gasteiger partial charge is 0.303 e. The lowest BCUT2D eigenvalue weighted by Crippen LogP contribution is -2.59. The second-order valence-corrected chi connectivity index (χ2v) is 11.3. The van der Waals surface area contributed by atoms with E-state index < -0.39 is 77.1 Å². The number of esters is 1. The van der Waals surface area contributed by atoms with Gasteiger partial charge in [0.05, 0.1) is 29.9 Å². The average Bonchev–Trinajstić information content (AvgIpc) is 3.11. The Morgan fingerprint density at radius 3 is 2.50 bits per heavy atom. The molecule has 3 aliphatic heterocycles. The first-order valence-electron chi connectivity index (χ1n) is 13.2. The first kappa shape index (κ1) is 26.9. The summed E-state index contributed by atoms with van der Waals surface area (Å²) in [6, 6.07) is 0. The normalized spacial score (nSPS) is 43.1. The molecule has 0 aromatic rings. The van der Waals surface area contributed by atoms with Gasteiger partial charge in [0.1, 0.15) is 11.7 Å². The van der Waals surface area contributed by atoms with Crippen LogP contribution in [0, 0.1) is 17.8 Å². The van der Waals surface area contributed by atoms with Gasteiger partial charge in [0.15, 0.2) is 23.4 Å². The average molecular weight is 530 g/mol. The Hall–Kier alpha value is -2.66. The molecule has 0 radical (unpaired) electrons. The van der Waals surface area contributed by atoms with Crippen molar-refractivity contribution in [3.63, 3.8) is 0 Å². The summed E-state index contributed by atoms with van der Waals surface area (Å²) in [5.41, 5.74) is -2.64. The minimum atomic E-state index is -1.82. The highest BCUT2D eigenvalue weighted by atomic mass is 16.7. The predicted octanol–water partition coefficient (Wildman–Crippen LogP) is 1.35. The molecule has 10 nitrogen and oxygen atoms in total. The van der Waals surface area contributed by atoms with E-state index in [9.17, 15) is 29.4 Å². The number of allylic oxidation sites excluding steroid dienone is 2. The molecule has 2 unspecified atom stereocenters. The Kier molecular flexibility index (Phi) is 6.34. The van der Waals surface area contributed by atoms with Crippen molar-refractivity contribution in [1.29, 1.82) is 0 Å². The highest BCUT2D eigenvalue weighted by Gasteiger charge is 2.70. The summed E-state index contributed by atoms with van der Waals surface area (Å²) in [4.78, 5) is 53.6. The van der Waals surface area contributed by atoms with Crippen molar-refractivity contribution >= 4 is 23.4 Å². The van der Waals surface area contributed by atoms with Crippen LogP contribution in [0.1, 0.15) is 54.4 Å². The number of Topliss-reactive ketones (excluding diaryl/α,β-unsaturated/α-hetero) is 1. The Labute approximate surface area is 221 Å². The molecule has 2 saturated heterocycles. The molecule has 206 valence electrons. The van der Waals surface area contributed by atoms with Gasteiger partial charge in [-0.15, -0.1) is 0 Å². The third-order valence-electron chi connectivity index (χ3n) is 8.96. The maximum Gasteiger partial charge on any atom is 0.303 e. The molecule has 5 rings (SSSR count). The summed E-state index contributed by atoms with van der Waals surface area (Å²) in [5, 5.41) is 22.6. The van der Waals surface area contributed by atoms with Gasteiger partial charge in [0.25, 0.3) is 0 Å². The van der Waals surface area contributed by atoms with Crippen LogP contribution in [0.15, 0.2) is 35.1 Å². The van der Waals surface area contributed by atoms with Crippen LogP contribution in [0.3, 0.4) is 0 Å². The molecule has 0 aromatic heterocycles. The van der Waals surface area contributed by atoms with Gasteiger partial charge in [-0.2, -0.15) is 0 Å². The lowest BCUT2D eigenvalue weighted by molar-refractivity contribution is -0.233. The van der Waals surface area contributed by atoms with Crippen molar-refractivity contribution in [3.05, 3.63) is 35.1 Å². The fourth-order valence-electron chi connectivity index (χ4n) is 7.23. The first-order chi connectivity index (χ1) is 17.7. The SMILES string of the molecule is CC(=O)OC(C)[C@@]12C=C(C)[C@@H]3[C@@H](C)[C@H](O[C@H]4CC[C@@H](O)[C@@H](C)O4)C4=CC(=O)C=C(N1C(=O)C(C)C2=O)[C@@]43O. The summed E-state index contributed by atoms with van der Waals surface area (Å²) in [6.07, 6.45) is 1.61. The second-order valence-electron chi connectivity index (χ2n) is 11.3. The number of amides is 1. The van der Waals surface area contributed by atoms with Crippen LogP contribution in [0.25, 0.3) is 0 Å². The quantitative estimate of drug-likeness (QED) is 0.314. The Morgan fingerprint density at radius 1 is 1.18 bits per heavy atom. The third-order valence-corrected chi connectivity index (χ3v) is 8.96. The molecule has 10 atom stereocenters. The van der Waals surface area contributed by atoms with E-state index in [1.165, 1.54) is 30.9 Å². The molecule has 0 aromatic carbocycles. The maximum atomic E-state index is 13.8. The fourth-order valence-corrected chi connectivity index (χ4v) is 7.23. The molecule has 3 fully saturated rings. The maximum absolute atomic E-state index is 13.8. The molecule has 38 heavy (non-hydrogen) atoms. The Balaban J connectivity index is 1.65. The van der Waals surface area contributed by atoms with Crippen LogP contribution in [0.5, 0.6) is 0 Å². The predicted molar refractivity (Wildman–Crippen MR) is 132 cm³/mol.